The molecule has 0 heterocycles. The highest BCUT2D eigenvalue weighted by Gasteiger charge is 2.09. The van der Waals surface area contributed by atoms with Crippen molar-refractivity contribution in [1.29, 1.82) is 0 Å². The zero-order chi connectivity index (χ0) is 13.3. The molecule has 0 atom stereocenters. The number of hydrogen-bond donors (Lipinski definition) is 1. The molecule has 0 aromatic heterocycles. The first-order valence-electron chi connectivity index (χ1n) is 5.63. The molecule has 1 rings (SSSR count). The van der Waals surface area contributed by atoms with Crippen LogP contribution in [-0.4, -0.2) is 5.11 Å². The van der Waals surface area contributed by atoms with Gasteiger partial charge < -0.3 is 5.11 Å². The van der Waals surface area contributed by atoms with Crippen LogP contribution in [0, 0.1) is 13.8 Å². The van der Waals surface area contributed by atoms with Crippen LogP contribution in [0.25, 0.3) is 0 Å². The Morgan fingerprint density at radius 3 is 1.88 bits per heavy atom. The Kier molecular flexibility index (Phi) is 11.3. The second kappa shape index (κ2) is 9.95. The van der Waals surface area contributed by atoms with Crippen LogP contribution in [0.2, 0.25) is 10.0 Å². The van der Waals surface area contributed by atoms with E-state index in [1.807, 2.05) is 47.6 Å². The molecule has 0 aliphatic carbocycles. The van der Waals surface area contributed by atoms with Gasteiger partial charge in [0.1, 0.15) is 0 Å². The highest BCUT2D eigenvalue weighted by Crippen LogP contribution is 2.29. The molecule has 0 radical (unpaired) electrons. The van der Waals surface area contributed by atoms with Gasteiger partial charge in [-0.25, -0.2) is 0 Å². The van der Waals surface area contributed by atoms with Crippen LogP contribution in [0.3, 0.4) is 0 Å². The third kappa shape index (κ3) is 4.73. The highest BCUT2D eigenvalue weighted by atomic mass is 35.5. The molecule has 1 N–H and O–H groups in total. The molecule has 0 amide bonds. The lowest BCUT2D eigenvalue weighted by atomic mass is 10.1. The first kappa shape index (κ1) is 18.1. The Bertz CT molecular complexity index is 309. The molecule has 16 heavy (non-hydrogen) atoms. The van der Waals surface area contributed by atoms with Crippen molar-refractivity contribution >= 4 is 23.2 Å². The van der Waals surface area contributed by atoms with E-state index in [1.165, 1.54) is 0 Å². The minimum Gasteiger partial charge on any atom is -0.392 e. The van der Waals surface area contributed by atoms with E-state index in [-0.39, 0.29) is 6.61 Å². The smallest absolute Gasteiger partial charge is 0.0699 e. The maximum atomic E-state index is 8.99. The molecule has 0 aliphatic heterocycles. The maximum absolute atomic E-state index is 8.99. The molecule has 94 valence electrons. The summed E-state index contributed by atoms with van der Waals surface area (Å²) in [6.45, 7) is 11.7. The van der Waals surface area contributed by atoms with Crippen molar-refractivity contribution < 1.29 is 5.11 Å². The predicted molar refractivity (Wildman–Crippen MR) is 74.6 cm³/mol. The molecule has 0 saturated carbocycles. The Labute approximate surface area is 109 Å². The highest BCUT2D eigenvalue weighted by molar-refractivity contribution is 6.36. The zero-order valence-electron chi connectivity index (χ0n) is 11.0. The van der Waals surface area contributed by atoms with Gasteiger partial charge in [-0.1, -0.05) is 50.9 Å². The van der Waals surface area contributed by atoms with Gasteiger partial charge in [0.25, 0.3) is 0 Å². The lowest BCUT2D eigenvalue weighted by Crippen LogP contribution is -1.93. The number of hydrogen-bond acceptors (Lipinski definition) is 1. The molecule has 1 aromatic rings. The number of halogens is 2. The average Bonchev–Trinajstić information content (AvgIpc) is 2.32. The molecule has 0 aliphatic rings. The largest absolute Gasteiger partial charge is 0.392 e. The fourth-order valence-corrected chi connectivity index (χ4v) is 1.70. The van der Waals surface area contributed by atoms with Gasteiger partial charge in [-0.15, -0.1) is 0 Å². The van der Waals surface area contributed by atoms with E-state index in [4.69, 9.17) is 28.3 Å². The van der Waals surface area contributed by atoms with Crippen molar-refractivity contribution in [1.82, 2.24) is 0 Å². The van der Waals surface area contributed by atoms with Gasteiger partial charge in [-0.05, 0) is 36.6 Å². The van der Waals surface area contributed by atoms with Crippen molar-refractivity contribution in [3.05, 3.63) is 32.8 Å². The second-order valence-electron chi connectivity index (χ2n) is 2.75. The lowest BCUT2D eigenvalue weighted by Gasteiger charge is -2.09. The molecule has 0 spiro atoms. The summed E-state index contributed by atoms with van der Waals surface area (Å²) in [5.41, 5.74) is 2.52. The average molecular weight is 265 g/mol. The van der Waals surface area contributed by atoms with Gasteiger partial charge >= 0.3 is 0 Å². The minimum atomic E-state index is -0.0390. The Balaban J connectivity index is 0. The predicted octanol–water partition coefficient (Wildman–Crippen LogP) is 5.15. The molecule has 0 saturated heterocycles. The molecule has 0 unspecified atom stereocenters. The van der Waals surface area contributed by atoms with E-state index >= 15 is 0 Å². The lowest BCUT2D eigenvalue weighted by molar-refractivity contribution is 0.281. The minimum absolute atomic E-state index is 0.0390. The van der Waals surface area contributed by atoms with Gasteiger partial charge in [0.05, 0.1) is 11.6 Å². The number of rotatable bonds is 1. The number of benzene rings is 1. The maximum Gasteiger partial charge on any atom is 0.0699 e. The monoisotopic (exact) mass is 264 g/mol. The normalized spacial score (nSPS) is 8.56. The van der Waals surface area contributed by atoms with Gasteiger partial charge in [0.2, 0.25) is 0 Å². The van der Waals surface area contributed by atoms with Crippen molar-refractivity contribution in [2.45, 2.75) is 48.1 Å². The van der Waals surface area contributed by atoms with Crippen molar-refractivity contribution in [2.24, 2.45) is 0 Å². The van der Waals surface area contributed by atoms with Gasteiger partial charge in [-0.2, -0.15) is 0 Å². The molecule has 0 fully saturated rings. The summed E-state index contributed by atoms with van der Waals surface area (Å²) in [7, 11) is 0. The van der Waals surface area contributed by atoms with Crippen molar-refractivity contribution in [3.63, 3.8) is 0 Å². The number of aryl methyl sites for hydroxylation is 1. The number of aliphatic hydroxyl groups is 1. The van der Waals surface area contributed by atoms with Gasteiger partial charge in [0, 0.05) is 5.02 Å². The van der Waals surface area contributed by atoms with Crippen LogP contribution in [0.5, 0.6) is 0 Å². The molecular weight excluding hydrogens is 243 g/mol. The molecule has 3 heteroatoms. The molecule has 1 nitrogen and oxygen atoms in total. The van der Waals surface area contributed by atoms with Crippen LogP contribution in [-0.2, 0) is 6.61 Å². The first-order chi connectivity index (χ1) is 7.57. The third-order valence-corrected chi connectivity index (χ3v) is 2.83. The quantitative estimate of drug-likeness (QED) is 0.744. The molecule has 0 bridgehead atoms. The van der Waals surface area contributed by atoms with Gasteiger partial charge in [0.15, 0.2) is 0 Å². The van der Waals surface area contributed by atoms with E-state index in [0.717, 1.165) is 16.7 Å². The van der Waals surface area contributed by atoms with Gasteiger partial charge in [-0.3, -0.25) is 0 Å². The van der Waals surface area contributed by atoms with Crippen molar-refractivity contribution in [2.75, 3.05) is 0 Å². The second-order valence-corrected chi connectivity index (χ2v) is 3.54. The first-order valence-corrected chi connectivity index (χ1v) is 6.38. The van der Waals surface area contributed by atoms with Crippen LogP contribution in [0.1, 0.15) is 44.4 Å². The van der Waals surface area contributed by atoms with Crippen LogP contribution < -0.4 is 0 Å². The molecule has 1 aromatic carbocycles. The fourth-order valence-electron chi connectivity index (χ4n) is 1.08. The van der Waals surface area contributed by atoms with Crippen LogP contribution >= 0.6 is 23.2 Å². The molecular formula is C13H22Cl2O. The van der Waals surface area contributed by atoms with E-state index in [9.17, 15) is 0 Å². The number of aliphatic hydroxyl groups excluding tert-OH is 1. The summed E-state index contributed by atoms with van der Waals surface area (Å²) in [5, 5.41) is 10.2. The Morgan fingerprint density at radius 1 is 1.06 bits per heavy atom. The standard InChI is InChI=1S/C9H10Cl2O.2C2H6/c1-5-3-8(10)6(2)9(11)7(5)4-12;2*1-2/h3,12H,4H2,1-2H3;2*1-2H3. The third-order valence-electron chi connectivity index (χ3n) is 1.93. The van der Waals surface area contributed by atoms with Crippen LogP contribution in [0.4, 0.5) is 0 Å². The fraction of sp³-hybridized carbons (Fsp3) is 0.538. The van der Waals surface area contributed by atoms with E-state index < -0.39 is 0 Å². The van der Waals surface area contributed by atoms with Crippen LogP contribution in [0.15, 0.2) is 6.07 Å². The van der Waals surface area contributed by atoms with E-state index in [1.54, 1.807) is 0 Å². The van der Waals surface area contributed by atoms with E-state index in [2.05, 4.69) is 0 Å². The Morgan fingerprint density at radius 2 is 1.50 bits per heavy atom. The summed E-state index contributed by atoms with van der Waals surface area (Å²) in [6, 6.07) is 1.81. The topological polar surface area (TPSA) is 20.2 Å². The van der Waals surface area contributed by atoms with Crippen molar-refractivity contribution in [3.8, 4) is 0 Å². The van der Waals surface area contributed by atoms with E-state index in [0.29, 0.717) is 10.0 Å². The summed E-state index contributed by atoms with van der Waals surface area (Å²) in [5.74, 6) is 0. The Hall–Kier alpha value is -0.240. The zero-order valence-corrected chi connectivity index (χ0v) is 12.5. The summed E-state index contributed by atoms with van der Waals surface area (Å²) in [4.78, 5) is 0. The SMILES string of the molecule is CC.CC.Cc1cc(Cl)c(C)c(Cl)c1CO. The summed E-state index contributed by atoms with van der Waals surface area (Å²) >= 11 is 11.8. The summed E-state index contributed by atoms with van der Waals surface area (Å²) in [6.07, 6.45) is 0. The summed E-state index contributed by atoms with van der Waals surface area (Å²) < 4.78 is 0.